The van der Waals surface area contributed by atoms with Gasteiger partial charge in [-0.05, 0) is 12.1 Å². The highest BCUT2D eigenvalue weighted by atomic mass is 35.5. The Bertz CT molecular complexity index is 282. The van der Waals surface area contributed by atoms with Gasteiger partial charge in [0.1, 0.15) is 10.0 Å². The Kier molecular flexibility index (Phi) is 5.42. The summed E-state index contributed by atoms with van der Waals surface area (Å²) in [5.74, 6) is 0. The van der Waals surface area contributed by atoms with Crippen LogP contribution in [0.4, 0.5) is 5.69 Å². The second-order valence-corrected chi connectivity index (χ2v) is 2.64. The molecule has 0 spiro atoms. The summed E-state index contributed by atoms with van der Waals surface area (Å²) in [5, 5.41) is 10.4. The average molecular weight is 222 g/mol. The molecule has 72 valence electrons. The summed E-state index contributed by atoms with van der Waals surface area (Å²) >= 11 is 11.0. The zero-order valence-corrected chi connectivity index (χ0v) is 8.76. The van der Waals surface area contributed by atoms with E-state index in [2.05, 4.69) is 0 Å². The highest BCUT2D eigenvalue weighted by Gasteiger charge is 2.15. The summed E-state index contributed by atoms with van der Waals surface area (Å²) < 4.78 is 0. The molecule has 0 saturated carbocycles. The molecule has 0 atom stereocenters. The minimum absolute atomic E-state index is 0.0579. The molecule has 0 bridgehead atoms. The summed E-state index contributed by atoms with van der Waals surface area (Å²) in [7, 11) is 0. The van der Waals surface area contributed by atoms with Crippen molar-refractivity contribution in [2.75, 3.05) is 0 Å². The number of nitro benzene ring substituents is 1. The molecule has 0 amide bonds. The predicted octanol–water partition coefficient (Wildman–Crippen LogP) is 3.93. The molecule has 13 heavy (non-hydrogen) atoms. The van der Waals surface area contributed by atoms with Gasteiger partial charge in [-0.3, -0.25) is 10.1 Å². The normalized spacial score (nSPS) is 8.62. The van der Waals surface area contributed by atoms with Gasteiger partial charge in [-0.2, -0.15) is 0 Å². The molecule has 0 radical (unpaired) electrons. The van der Waals surface area contributed by atoms with Crippen molar-refractivity contribution >= 4 is 28.9 Å². The smallest absolute Gasteiger partial charge is 0.258 e. The van der Waals surface area contributed by atoms with Crippen LogP contribution in [0.5, 0.6) is 0 Å². The van der Waals surface area contributed by atoms with Gasteiger partial charge in [-0.15, -0.1) is 0 Å². The molecule has 1 aromatic rings. The molecule has 0 aliphatic rings. The number of hydrogen-bond donors (Lipinski definition) is 0. The second kappa shape index (κ2) is 5.78. The van der Waals surface area contributed by atoms with Crippen LogP contribution in [0.25, 0.3) is 0 Å². The fourth-order valence-corrected chi connectivity index (χ4v) is 1.20. The number of benzene rings is 1. The van der Waals surface area contributed by atoms with E-state index < -0.39 is 4.92 Å². The van der Waals surface area contributed by atoms with Gasteiger partial charge >= 0.3 is 5.69 Å². The standard InChI is InChI=1S/C6H3Cl2NO2.C2H6/c7-4-2-1-3-5(8)6(4)9(10)11;1-2/h1-3H;1-2H3. The Morgan fingerprint density at radius 3 is 1.85 bits per heavy atom. The van der Waals surface area contributed by atoms with Gasteiger partial charge in [0.2, 0.25) is 0 Å². The Balaban J connectivity index is 0.000000671. The molecule has 0 aliphatic carbocycles. The predicted molar refractivity (Wildman–Crippen MR) is 54.5 cm³/mol. The molecular formula is C8H9Cl2NO2. The zero-order chi connectivity index (χ0) is 10.4. The highest BCUT2D eigenvalue weighted by Crippen LogP contribution is 2.31. The van der Waals surface area contributed by atoms with E-state index >= 15 is 0 Å². The molecule has 3 nitrogen and oxygen atoms in total. The first kappa shape index (κ1) is 12.2. The van der Waals surface area contributed by atoms with Gasteiger partial charge in [0.05, 0.1) is 4.92 Å². The fraction of sp³-hybridized carbons (Fsp3) is 0.250. The SMILES string of the molecule is CC.O=[N+]([O-])c1c(Cl)cccc1Cl. The Labute approximate surface area is 86.4 Å². The van der Waals surface area contributed by atoms with E-state index in [0.29, 0.717) is 0 Å². The summed E-state index contributed by atoms with van der Waals surface area (Å²) in [5.41, 5.74) is -0.240. The Hall–Kier alpha value is -0.800. The van der Waals surface area contributed by atoms with Crippen molar-refractivity contribution in [1.82, 2.24) is 0 Å². The maximum Gasteiger partial charge on any atom is 0.306 e. The second-order valence-electron chi connectivity index (χ2n) is 1.83. The number of rotatable bonds is 1. The van der Waals surface area contributed by atoms with Crippen molar-refractivity contribution < 1.29 is 4.92 Å². The van der Waals surface area contributed by atoms with E-state index in [9.17, 15) is 10.1 Å². The third-order valence-corrected chi connectivity index (χ3v) is 1.73. The van der Waals surface area contributed by atoms with E-state index in [1.165, 1.54) is 12.1 Å². The molecule has 0 aliphatic heterocycles. The Morgan fingerprint density at radius 1 is 1.23 bits per heavy atom. The highest BCUT2D eigenvalue weighted by molar-refractivity contribution is 6.38. The van der Waals surface area contributed by atoms with Crippen molar-refractivity contribution in [1.29, 1.82) is 0 Å². The van der Waals surface area contributed by atoms with Crippen LogP contribution in [-0.2, 0) is 0 Å². The third-order valence-electron chi connectivity index (χ3n) is 1.12. The number of hydrogen-bond acceptors (Lipinski definition) is 2. The van der Waals surface area contributed by atoms with Crippen molar-refractivity contribution in [2.45, 2.75) is 13.8 Å². The minimum Gasteiger partial charge on any atom is -0.258 e. The van der Waals surface area contributed by atoms with Gasteiger partial charge in [0.25, 0.3) is 0 Å². The molecule has 0 heterocycles. The summed E-state index contributed by atoms with van der Waals surface area (Å²) in [6, 6.07) is 4.40. The fourth-order valence-electron chi connectivity index (χ4n) is 0.663. The van der Waals surface area contributed by atoms with E-state index in [1.54, 1.807) is 6.07 Å². The van der Waals surface area contributed by atoms with Crippen LogP contribution in [0.2, 0.25) is 10.0 Å². The summed E-state index contributed by atoms with van der Waals surface area (Å²) in [6.07, 6.45) is 0. The van der Waals surface area contributed by atoms with E-state index in [1.807, 2.05) is 13.8 Å². The molecule has 0 saturated heterocycles. The van der Waals surface area contributed by atoms with Crippen LogP contribution in [-0.4, -0.2) is 4.92 Å². The number of nitro groups is 1. The lowest BCUT2D eigenvalue weighted by atomic mass is 10.3. The zero-order valence-electron chi connectivity index (χ0n) is 7.25. The number of nitrogens with zero attached hydrogens (tertiary/aromatic N) is 1. The van der Waals surface area contributed by atoms with Crippen LogP contribution >= 0.6 is 23.2 Å². The lowest BCUT2D eigenvalue weighted by molar-refractivity contribution is -0.384. The molecule has 1 rings (SSSR count). The maximum atomic E-state index is 10.3. The molecule has 1 aromatic carbocycles. The van der Waals surface area contributed by atoms with Crippen molar-refractivity contribution in [3.05, 3.63) is 38.4 Å². The molecule has 0 fully saturated rings. The van der Waals surface area contributed by atoms with Gasteiger partial charge < -0.3 is 0 Å². The van der Waals surface area contributed by atoms with Crippen molar-refractivity contribution in [3.8, 4) is 0 Å². The van der Waals surface area contributed by atoms with Crippen LogP contribution < -0.4 is 0 Å². The van der Waals surface area contributed by atoms with Crippen LogP contribution in [0, 0.1) is 10.1 Å². The first-order valence-electron chi connectivity index (χ1n) is 3.71. The molecular weight excluding hydrogens is 213 g/mol. The lowest BCUT2D eigenvalue weighted by Gasteiger charge is -1.95. The van der Waals surface area contributed by atoms with Crippen LogP contribution in [0.1, 0.15) is 13.8 Å². The van der Waals surface area contributed by atoms with Crippen LogP contribution in [0.15, 0.2) is 18.2 Å². The molecule has 5 heteroatoms. The Morgan fingerprint density at radius 2 is 1.62 bits per heavy atom. The monoisotopic (exact) mass is 221 g/mol. The first-order valence-corrected chi connectivity index (χ1v) is 4.47. The molecule has 0 N–H and O–H groups in total. The topological polar surface area (TPSA) is 43.1 Å². The van der Waals surface area contributed by atoms with Crippen molar-refractivity contribution in [2.24, 2.45) is 0 Å². The molecule has 0 unspecified atom stereocenters. The summed E-state index contributed by atoms with van der Waals surface area (Å²) in [4.78, 5) is 9.67. The average Bonchev–Trinajstić information content (AvgIpc) is 2.07. The van der Waals surface area contributed by atoms with E-state index in [-0.39, 0.29) is 15.7 Å². The largest absolute Gasteiger partial charge is 0.306 e. The number of halogens is 2. The quantitative estimate of drug-likeness (QED) is 0.533. The van der Waals surface area contributed by atoms with Gasteiger partial charge in [-0.25, -0.2) is 0 Å². The lowest BCUT2D eigenvalue weighted by Crippen LogP contribution is -1.89. The van der Waals surface area contributed by atoms with Crippen LogP contribution in [0.3, 0.4) is 0 Å². The van der Waals surface area contributed by atoms with Gasteiger partial charge in [-0.1, -0.05) is 43.1 Å². The minimum atomic E-state index is -0.606. The third kappa shape index (κ3) is 3.20. The number of para-hydroxylation sites is 1. The first-order chi connectivity index (χ1) is 6.13. The molecule has 0 aromatic heterocycles. The maximum absolute atomic E-state index is 10.3. The van der Waals surface area contributed by atoms with Crippen molar-refractivity contribution in [3.63, 3.8) is 0 Å². The van der Waals surface area contributed by atoms with Gasteiger partial charge in [0, 0.05) is 0 Å². The van der Waals surface area contributed by atoms with E-state index in [0.717, 1.165) is 0 Å². The summed E-state index contributed by atoms with van der Waals surface area (Å²) in [6.45, 7) is 4.00. The van der Waals surface area contributed by atoms with Gasteiger partial charge in [0.15, 0.2) is 0 Å². The van der Waals surface area contributed by atoms with E-state index in [4.69, 9.17) is 23.2 Å².